The van der Waals surface area contributed by atoms with Crippen LogP contribution >= 0.6 is 0 Å². The number of carbonyl (C=O) groups excluding carboxylic acids is 1. The van der Waals surface area contributed by atoms with E-state index in [2.05, 4.69) is 5.32 Å². The molecule has 1 heterocycles. The third-order valence-electron chi connectivity index (χ3n) is 2.56. The monoisotopic (exact) mass is 244 g/mol. The first kappa shape index (κ1) is 12.4. The van der Waals surface area contributed by atoms with E-state index in [0.29, 0.717) is 24.6 Å². The van der Waals surface area contributed by atoms with Crippen molar-refractivity contribution in [3.63, 3.8) is 0 Å². The molecule has 0 fully saturated rings. The maximum absolute atomic E-state index is 11.7. The molecule has 2 rings (SSSR count). The number of amides is 1. The average Bonchev–Trinajstić information content (AvgIpc) is 2.85. The summed E-state index contributed by atoms with van der Waals surface area (Å²) in [4.78, 5) is 11.7. The smallest absolute Gasteiger partial charge is 0.287 e. The first-order chi connectivity index (χ1) is 8.70. The first-order valence-corrected chi connectivity index (χ1v) is 5.86. The number of carbonyl (C=O) groups is 1. The van der Waals surface area contributed by atoms with Gasteiger partial charge in [-0.25, -0.2) is 0 Å². The van der Waals surface area contributed by atoms with Gasteiger partial charge in [0.05, 0.1) is 0 Å². The molecule has 0 atom stereocenters. The molecular weight excluding hydrogens is 228 g/mol. The van der Waals surface area contributed by atoms with E-state index < -0.39 is 0 Å². The standard InChI is InChI=1S/C14H16N2O2/c1-10-3-2-4-11(9-10)12-5-6-13(18-12)14(17)16-8-7-15/h2-6,9H,7-8,15H2,1H3,(H,16,17). The fraction of sp³-hybridized carbons (Fsp3) is 0.214. The van der Waals surface area contributed by atoms with Crippen LogP contribution in [0.5, 0.6) is 0 Å². The topological polar surface area (TPSA) is 68.3 Å². The lowest BCUT2D eigenvalue weighted by Gasteiger charge is -2.00. The van der Waals surface area contributed by atoms with Crippen molar-refractivity contribution >= 4 is 5.91 Å². The number of benzene rings is 1. The molecule has 0 radical (unpaired) electrons. The minimum absolute atomic E-state index is 0.237. The molecule has 1 aromatic carbocycles. The van der Waals surface area contributed by atoms with Crippen LogP contribution in [0.1, 0.15) is 16.1 Å². The number of aryl methyl sites for hydroxylation is 1. The summed E-state index contributed by atoms with van der Waals surface area (Å²) in [5.74, 6) is 0.760. The molecule has 1 amide bonds. The second-order valence-corrected chi connectivity index (χ2v) is 4.08. The molecule has 0 aliphatic carbocycles. The minimum Gasteiger partial charge on any atom is -0.451 e. The maximum atomic E-state index is 11.7. The fourth-order valence-corrected chi connectivity index (χ4v) is 1.69. The van der Waals surface area contributed by atoms with E-state index in [9.17, 15) is 4.79 Å². The van der Waals surface area contributed by atoms with Crippen molar-refractivity contribution in [2.75, 3.05) is 13.1 Å². The van der Waals surface area contributed by atoms with Gasteiger partial charge in [0, 0.05) is 18.7 Å². The van der Waals surface area contributed by atoms with Gasteiger partial charge < -0.3 is 15.5 Å². The summed E-state index contributed by atoms with van der Waals surface area (Å²) in [6.45, 7) is 2.87. The second-order valence-electron chi connectivity index (χ2n) is 4.08. The van der Waals surface area contributed by atoms with Crippen molar-refractivity contribution < 1.29 is 9.21 Å². The van der Waals surface area contributed by atoms with Gasteiger partial charge in [-0.2, -0.15) is 0 Å². The van der Waals surface area contributed by atoms with E-state index in [1.54, 1.807) is 12.1 Å². The molecular formula is C14H16N2O2. The van der Waals surface area contributed by atoms with E-state index >= 15 is 0 Å². The van der Waals surface area contributed by atoms with E-state index in [4.69, 9.17) is 10.2 Å². The van der Waals surface area contributed by atoms with Crippen LogP contribution < -0.4 is 11.1 Å². The zero-order valence-corrected chi connectivity index (χ0v) is 10.3. The predicted octanol–water partition coefficient (Wildman–Crippen LogP) is 1.94. The van der Waals surface area contributed by atoms with Gasteiger partial charge >= 0.3 is 0 Å². The molecule has 0 spiro atoms. The number of hydrogen-bond acceptors (Lipinski definition) is 3. The summed E-state index contributed by atoms with van der Waals surface area (Å²) >= 11 is 0. The molecule has 4 heteroatoms. The second kappa shape index (κ2) is 5.51. The molecule has 0 unspecified atom stereocenters. The van der Waals surface area contributed by atoms with Crippen LogP contribution in [-0.4, -0.2) is 19.0 Å². The fourth-order valence-electron chi connectivity index (χ4n) is 1.69. The quantitative estimate of drug-likeness (QED) is 0.863. The summed E-state index contributed by atoms with van der Waals surface area (Å²) in [5.41, 5.74) is 7.44. The van der Waals surface area contributed by atoms with Gasteiger partial charge in [0.25, 0.3) is 5.91 Å². The highest BCUT2D eigenvalue weighted by Gasteiger charge is 2.11. The highest BCUT2D eigenvalue weighted by Crippen LogP contribution is 2.22. The summed E-state index contributed by atoms with van der Waals surface area (Å²) in [6.07, 6.45) is 0. The van der Waals surface area contributed by atoms with Crippen molar-refractivity contribution in [1.29, 1.82) is 0 Å². The Morgan fingerprint density at radius 1 is 1.33 bits per heavy atom. The summed E-state index contributed by atoms with van der Waals surface area (Å²) in [5, 5.41) is 2.67. The van der Waals surface area contributed by atoms with Gasteiger partial charge in [-0.1, -0.05) is 23.8 Å². The van der Waals surface area contributed by atoms with Crippen molar-refractivity contribution in [2.45, 2.75) is 6.92 Å². The number of hydrogen-bond donors (Lipinski definition) is 2. The summed E-state index contributed by atoms with van der Waals surface area (Å²) in [7, 11) is 0. The Morgan fingerprint density at radius 2 is 2.17 bits per heavy atom. The predicted molar refractivity (Wildman–Crippen MR) is 70.3 cm³/mol. The normalized spacial score (nSPS) is 10.3. The largest absolute Gasteiger partial charge is 0.451 e. The lowest BCUT2D eigenvalue weighted by Crippen LogP contribution is -2.28. The molecule has 0 aliphatic rings. The van der Waals surface area contributed by atoms with E-state index in [1.807, 2.05) is 31.2 Å². The van der Waals surface area contributed by atoms with Gasteiger partial charge in [0.15, 0.2) is 5.76 Å². The summed E-state index contributed by atoms with van der Waals surface area (Å²) in [6, 6.07) is 11.4. The van der Waals surface area contributed by atoms with Crippen molar-refractivity contribution in [3.05, 3.63) is 47.7 Å². The maximum Gasteiger partial charge on any atom is 0.287 e. The van der Waals surface area contributed by atoms with E-state index in [-0.39, 0.29) is 5.91 Å². The molecule has 2 aromatic rings. The molecule has 3 N–H and O–H groups in total. The van der Waals surface area contributed by atoms with Crippen LogP contribution in [0.25, 0.3) is 11.3 Å². The van der Waals surface area contributed by atoms with Crippen molar-refractivity contribution in [2.24, 2.45) is 5.73 Å². The zero-order valence-electron chi connectivity index (χ0n) is 10.3. The highest BCUT2D eigenvalue weighted by molar-refractivity contribution is 5.92. The molecule has 0 aliphatic heterocycles. The molecule has 0 saturated carbocycles. The van der Waals surface area contributed by atoms with Crippen molar-refractivity contribution in [1.82, 2.24) is 5.32 Å². The Labute approximate surface area is 106 Å². The Morgan fingerprint density at radius 3 is 2.89 bits per heavy atom. The Bertz CT molecular complexity index is 546. The van der Waals surface area contributed by atoms with Gasteiger partial charge in [0.2, 0.25) is 0 Å². The van der Waals surface area contributed by atoms with Crippen LogP contribution in [-0.2, 0) is 0 Å². The van der Waals surface area contributed by atoms with Crippen LogP contribution in [0.3, 0.4) is 0 Å². The number of furan rings is 1. The number of nitrogens with two attached hydrogens (primary N) is 1. The number of nitrogens with one attached hydrogen (secondary N) is 1. The van der Waals surface area contributed by atoms with E-state index in [0.717, 1.165) is 11.1 Å². The van der Waals surface area contributed by atoms with Crippen LogP contribution in [0.2, 0.25) is 0 Å². The third kappa shape index (κ3) is 2.78. The molecule has 1 aromatic heterocycles. The third-order valence-corrected chi connectivity index (χ3v) is 2.56. The van der Waals surface area contributed by atoms with Crippen molar-refractivity contribution in [3.8, 4) is 11.3 Å². The van der Waals surface area contributed by atoms with Crippen LogP contribution in [0.15, 0.2) is 40.8 Å². The average molecular weight is 244 g/mol. The van der Waals surface area contributed by atoms with Crippen LogP contribution in [0.4, 0.5) is 0 Å². The first-order valence-electron chi connectivity index (χ1n) is 5.86. The SMILES string of the molecule is Cc1cccc(-c2ccc(C(=O)NCCN)o2)c1. The Balaban J connectivity index is 2.17. The lowest BCUT2D eigenvalue weighted by atomic mass is 10.1. The van der Waals surface area contributed by atoms with Gasteiger partial charge in [-0.3, -0.25) is 4.79 Å². The Kier molecular flexibility index (Phi) is 3.79. The highest BCUT2D eigenvalue weighted by atomic mass is 16.3. The van der Waals surface area contributed by atoms with Gasteiger partial charge in [0.1, 0.15) is 5.76 Å². The van der Waals surface area contributed by atoms with Crippen LogP contribution in [0, 0.1) is 6.92 Å². The summed E-state index contributed by atoms with van der Waals surface area (Å²) < 4.78 is 5.53. The number of rotatable bonds is 4. The Hall–Kier alpha value is -2.07. The van der Waals surface area contributed by atoms with E-state index in [1.165, 1.54) is 0 Å². The molecule has 0 bridgehead atoms. The molecule has 18 heavy (non-hydrogen) atoms. The zero-order chi connectivity index (χ0) is 13.0. The molecule has 4 nitrogen and oxygen atoms in total. The van der Waals surface area contributed by atoms with Gasteiger partial charge in [-0.05, 0) is 25.1 Å². The lowest BCUT2D eigenvalue weighted by molar-refractivity contribution is 0.0928. The minimum atomic E-state index is -0.237. The molecule has 94 valence electrons. The molecule has 0 saturated heterocycles. The van der Waals surface area contributed by atoms with Gasteiger partial charge in [-0.15, -0.1) is 0 Å².